The maximum atomic E-state index is 12.1. The van der Waals surface area contributed by atoms with Gasteiger partial charge in [0.1, 0.15) is 23.1 Å². The molecule has 0 amide bonds. The number of allylic oxidation sites excluding steroid dienone is 1. The summed E-state index contributed by atoms with van der Waals surface area (Å²) in [4.78, 5) is 24.0. The molecule has 220 valence electrons. The highest BCUT2D eigenvalue weighted by atomic mass is 35.5. The van der Waals surface area contributed by atoms with Crippen molar-refractivity contribution in [1.82, 2.24) is 14.9 Å². The molecule has 0 unspecified atom stereocenters. The number of benzene rings is 2. The Kier molecular flexibility index (Phi) is 10.3. The van der Waals surface area contributed by atoms with Gasteiger partial charge in [-0.1, -0.05) is 48.0 Å². The number of nitrogens with one attached hydrogen (secondary N) is 2. The largest absolute Gasteiger partial charge is 0.495 e. The molecule has 0 spiro atoms. The van der Waals surface area contributed by atoms with Crippen LogP contribution in [0.5, 0.6) is 11.5 Å². The third kappa shape index (κ3) is 6.95. The van der Waals surface area contributed by atoms with Gasteiger partial charge in [-0.25, -0.2) is 9.97 Å². The van der Waals surface area contributed by atoms with E-state index in [4.69, 9.17) is 42.6 Å². The van der Waals surface area contributed by atoms with E-state index < -0.39 is 0 Å². The molecule has 0 bridgehead atoms. The summed E-state index contributed by atoms with van der Waals surface area (Å²) in [5.41, 5.74) is 3.76. The van der Waals surface area contributed by atoms with Crippen molar-refractivity contribution in [2.24, 2.45) is 0 Å². The van der Waals surface area contributed by atoms with Gasteiger partial charge in [0.25, 0.3) is 0 Å². The smallest absolute Gasteiger partial charge is 0.159 e. The summed E-state index contributed by atoms with van der Waals surface area (Å²) in [6.07, 6.45) is 4.28. The zero-order valence-corrected chi connectivity index (χ0v) is 26.0. The van der Waals surface area contributed by atoms with Crippen molar-refractivity contribution in [2.75, 3.05) is 52.0 Å². The summed E-state index contributed by atoms with van der Waals surface area (Å²) in [7, 11) is 7.16. The number of para-hydroxylation sites is 1. The zero-order chi connectivity index (χ0) is 30.4. The summed E-state index contributed by atoms with van der Waals surface area (Å²) in [6, 6.07) is 11.3. The molecule has 0 saturated heterocycles. The number of nitrogens with zero attached hydrogens (tertiary/aromatic N) is 3. The Morgan fingerprint density at radius 2 is 1.81 bits per heavy atom. The fraction of sp³-hybridized carbons (Fsp3) is 0.281. The molecule has 2 heterocycles. The Labute approximate surface area is 256 Å². The van der Waals surface area contributed by atoms with Gasteiger partial charge in [0.05, 0.1) is 30.0 Å². The van der Waals surface area contributed by atoms with E-state index in [-0.39, 0.29) is 12.2 Å². The molecule has 0 aliphatic heterocycles. The van der Waals surface area contributed by atoms with E-state index in [0.717, 1.165) is 40.6 Å². The van der Waals surface area contributed by atoms with Crippen LogP contribution in [0, 0.1) is 6.92 Å². The van der Waals surface area contributed by atoms with Crippen LogP contribution in [0.3, 0.4) is 0 Å². The molecular formula is C32H35Cl2N5O3. The molecule has 0 aliphatic carbocycles. The van der Waals surface area contributed by atoms with E-state index in [9.17, 15) is 4.79 Å². The van der Waals surface area contributed by atoms with E-state index in [1.54, 1.807) is 12.3 Å². The molecule has 0 atom stereocenters. The van der Waals surface area contributed by atoms with E-state index in [2.05, 4.69) is 22.1 Å². The number of rotatable bonds is 13. The van der Waals surface area contributed by atoms with Crippen molar-refractivity contribution in [1.29, 1.82) is 0 Å². The predicted molar refractivity (Wildman–Crippen MR) is 173 cm³/mol. The SMILES string of the molecule is C=CC(=O)Cc1cccc(C)c1Nc1cc2c(NCCCN(C)C)nc(-c3c(Cl)c(OC)cc(OC)c3Cl)cc2cn1. The van der Waals surface area contributed by atoms with E-state index >= 15 is 0 Å². The first-order chi connectivity index (χ1) is 20.2. The first kappa shape index (κ1) is 31.1. The summed E-state index contributed by atoms with van der Waals surface area (Å²) in [5.74, 6) is 2.08. The lowest BCUT2D eigenvalue weighted by molar-refractivity contribution is -0.114. The van der Waals surface area contributed by atoms with Gasteiger partial charge in [-0.05, 0) is 63.3 Å². The van der Waals surface area contributed by atoms with E-state index in [1.165, 1.54) is 20.3 Å². The molecule has 10 heteroatoms. The van der Waals surface area contributed by atoms with Crippen molar-refractivity contribution in [2.45, 2.75) is 19.8 Å². The van der Waals surface area contributed by atoms with Gasteiger partial charge in [0.2, 0.25) is 0 Å². The number of pyridine rings is 2. The Bertz CT molecular complexity index is 1600. The fourth-order valence-electron chi connectivity index (χ4n) is 4.63. The molecule has 0 aliphatic rings. The normalized spacial score (nSPS) is 11.0. The van der Waals surface area contributed by atoms with Gasteiger partial charge in [0.15, 0.2) is 5.78 Å². The number of halogens is 2. The Hall–Kier alpha value is -3.85. The van der Waals surface area contributed by atoms with Crippen molar-refractivity contribution in [3.05, 3.63) is 76.4 Å². The standard InChI is InChI=1S/C32H35Cl2N5O3/c1-7-22(40)14-20-11-8-10-19(2)31(20)38-27-16-23-21(18-36-27)15-24(37-32(23)35-12-9-13-39(3)4)28-29(33)25(41-5)17-26(42-6)30(28)34/h7-8,10-11,15-18H,1,9,12-14H2,2-6H3,(H,35,37)(H,36,38). The van der Waals surface area contributed by atoms with Crippen molar-refractivity contribution >= 4 is 57.1 Å². The number of carbonyl (C=O) groups is 1. The highest BCUT2D eigenvalue weighted by molar-refractivity contribution is 6.41. The summed E-state index contributed by atoms with van der Waals surface area (Å²) in [5, 5.41) is 9.30. The average Bonchev–Trinajstić information content (AvgIpc) is 2.97. The lowest BCUT2D eigenvalue weighted by Gasteiger charge is -2.18. The number of anilines is 3. The first-order valence-corrected chi connectivity index (χ1v) is 14.2. The minimum absolute atomic E-state index is 0.0532. The second-order valence-electron chi connectivity index (χ2n) is 10.1. The number of hydrogen-bond acceptors (Lipinski definition) is 8. The van der Waals surface area contributed by atoms with Crippen LogP contribution in [0.1, 0.15) is 17.5 Å². The summed E-state index contributed by atoms with van der Waals surface area (Å²) < 4.78 is 11.0. The van der Waals surface area contributed by atoms with Crippen LogP contribution in [0.25, 0.3) is 22.0 Å². The number of ketones is 1. The lowest BCUT2D eigenvalue weighted by Crippen LogP contribution is -2.16. The van der Waals surface area contributed by atoms with Crippen LogP contribution in [0.4, 0.5) is 17.3 Å². The van der Waals surface area contributed by atoms with Crippen molar-refractivity contribution in [3.63, 3.8) is 0 Å². The topological polar surface area (TPSA) is 88.6 Å². The van der Waals surface area contributed by atoms with E-state index in [0.29, 0.717) is 51.0 Å². The van der Waals surface area contributed by atoms with E-state index in [1.807, 2.05) is 51.4 Å². The number of methoxy groups -OCH3 is 2. The molecule has 42 heavy (non-hydrogen) atoms. The van der Waals surface area contributed by atoms with Crippen LogP contribution >= 0.6 is 23.2 Å². The minimum atomic E-state index is -0.0532. The van der Waals surface area contributed by atoms with Crippen LogP contribution in [-0.2, 0) is 11.2 Å². The second kappa shape index (κ2) is 13.9. The second-order valence-corrected chi connectivity index (χ2v) is 10.9. The minimum Gasteiger partial charge on any atom is -0.495 e. The quantitative estimate of drug-likeness (QED) is 0.121. The number of carbonyl (C=O) groups excluding carboxylic acids is 1. The van der Waals surface area contributed by atoms with Gasteiger partial charge >= 0.3 is 0 Å². The maximum Gasteiger partial charge on any atom is 0.159 e. The maximum absolute atomic E-state index is 12.1. The number of aryl methyl sites for hydroxylation is 1. The monoisotopic (exact) mass is 607 g/mol. The number of hydrogen-bond donors (Lipinski definition) is 2. The Morgan fingerprint density at radius 3 is 2.45 bits per heavy atom. The molecule has 4 aromatic rings. The molecule has 2 aromatic carbocycles. The van der Waals surface area contributed by atoms with Gasteiger partial charge in [-0.15, -0.1) is 0 Å². The van der Waals surface area contributed by atoms with Crippen LogP contribution in [-0.4, -0.2) is 62.1 Å². The molecule has 8 nitrogen and oxygen atoms in total. The van der Waals surface area contributed by atoms with Crippen molar-refractivity contribution in [3.8, 4) is 22.8 Å². The molecule has 0 radical (unpaired) electrons. The summed E-state index contributed by atoms with van der Waals surface area (Å²) >= 11 is 13.5. The Morgan fingerprint density at radius 1 is 1.10 bits per heavy atom. The van der Waals surface area contributed by atoms with Gasteiger partial charge in [-0.2, -0.15) is 0 Å². The van der Waals surface area contributed by atoms with Crippen molar-refractivity contribution < 1.29 is 14.3 Å². The lowest BCUT2D eigenvalue weighted by atomic mass is 10.0. The fourth-order valence-corrected chi connectivity index (χ4v) is 5.33. The number of aromatic nitrogens is 2. The van der Waals surface area contributed by atoms with Crippen LogP contribution in [0.2, 0.25) is 10.0 Å². The molecule has 4 rings (SSSR count). The predicted octanol–water partition coefficient (Wildman–Crippen LogP) is 7.33. The number of ether oxygens (including phenoxy) is 2. The Balaban J connectivity index is 1.82. The van der Waals surface area contributed by atoms with Gasteiger partial charge in [0, 0.05) is 47.3 Å². The molecule has 0 fully saturated rings. The van der Waals surface area contributed by atoms with Crippen LogP contribution in [0.15, 0.2) is 55.3 Å². The summed E-state index contributed by atoms with van der Waals surface area (Å²) in [6.45, 7) is 7.22. The third-order valence-corrected chi connectivity index (χ3v) is 7.57. The zero-order valence-electron chi connectivity index (χ0n) is 24.5. The van der Waals surface area contributed by atoms with Gasteiger partial charge < -0.3 is 25.0 Å². The highest BCUT2D eigenvalue weighted by Gasteiger charge is 2.21. The highest BCUT2D eigenvalue weighted by Crippen LogP contribution is 2.46. The molecule has 0 saturated carbocycles. The average molecular weight is 609 g/mol. The third-order valence-electron chi connectivity index (χ3n) is 6.82. The first-order valence-electron chi connectivity index (χ1n) is 13.5. The molecule has 2 N–H and O–H groups in total. The van der Waals surface area contributed by atoms with Gasteiger partial charge in [-0.3, -0.25) is 4.79 Å². The molecular weight excluding hydrogens is 573 g/mol. The molecule has 2 aromatic heterocycles. The number of fused-ring (bicyclic) bond motifs is 1. The van der Waals surface area contributed by atoms with Crippen LogP contribution < -0.4 is 20.1 Å².